The molecule has 5 aromatic rings. The van der Waals surface area contributed by atoms with Crippen LogP contribution in [0.5, 0.6) is 0 Å². The Morgan fingerprint density at radius 2 is 1.46 bits per heavy atom. The van der Waals surface area contributed by atoms with E-state index in [4.69, 9.17) is 0 Å². The summed E-state index contributed by atoms with van der Waals surface area (Å²) >= 11 is 0. The van der Waals surface area contributed by atoms with Crippen molar-refractivity contribution in [3.63, 3.8) is 0 Å². The van der Waals surface area contributed by atoms with Crippen molar-refractivity contribution in [3.8, 4) is 0 Å². The van der Waals surface area contributed by atoms with Gasteiger partial charge in [-0.25, -0.2) is 0 Å². The summed E-state index contributed by atoms with van der Waals surface area (Å²) in [6.45, 7) is 3.18. The van der Waals surface area contributed by atoms with Gasteiger partial charge in [-0.05, 0) is 55.0 Å². The van der Waals surface area contributed by atoms with Gasteiger partial charge in [-0.1, -0.05) is 24.3 Å². The number of hydrogen-bond acceptors (Lipinski definition) is 0. The first-order chi connectivity index (χ1) is 12.9. The number of aromatic nitrogens is 3. The molecule has 5 rings (SSSR count). The lowest BCUT2D eigenvalue weighted by molar-refractivity contribution is 0.826. The Balaban J connectivity index is 1.77. The molecule has 0 aliphatic heterocycles. The van der Waals surface area contributed by atoms with Crippen LogP contribution in [0.2, 0.25) is 0 Å². The van der Waals surface area contributed by atoms with Crippen molar-refractivity contribution in [2.24, 2.45) is 0 Å². The number of aromatic amines is 2. The van der Waals surface area contributed by atoms with Crippen LogP contribution in [0.1, 0.15) is 29.8 Å². The monoisotopic (exact) mass is 339 g/mol. The lowest BCUT2D eigenvalue weighted by atomic mass is 9.91. The Kier molecular flexibility index (Phi) is 3.45. The van der Waals surface area contributed by atoms with Crippen LogP contribution in [-0.2, 0) is 6.54 Å². The molecule has 0 fully saturated rings. The third kappa shape index (κ3) is 2.21. The Labute approximate surface area is 152 Å². The molecule has 0 spiro atoms. The van der Waals surface area contributed by atoms with E-state index in [-0.39, 0.29) is 5.92 Å². The van der Waals surface area contributed by atoms with Gasteiger partial charge in [0.05, 0.1) is 5.92 Å². The van der Waals surface area contributed by atoms with Gasteiger partial charge < -0.3 is 14.5 Å². The zero-order valence-electron chi connectivity index (χ0n) is 14.7. The normalized spacial score (nSPS) is 11.8. The minimum absolute atomic E-state index is 0.174. The molecule has 3 aromatic heterocycles. The second-order valence-corrected chi connectivity index (χ2v) is 6.72. The van der Waals surface area contributed by atoms with Gasteiger partial charge in [0.2, 0.25) is 0 Å². The van der Waals surface area contributed by atoms with Gasteiger partial charge in [-0.15, -0.1) is 0 Å². The number of nitrogens with one attached hydrogen (secondary N) is 2. The number of nitrogens with zero attached hydrogens (tertiary/aromatic N) is 1. The lowest BCUT2D eigenvalue weighted by Gasteiger charge is -2.16. The predicted molar refractivity (Wildman–Crippen MR) is 108 cm³/mol. The van der Waals surface area contributed by atoms with Crippen LogP contribution >= 0.6 is 0 Å². The van der Waals surface area contributed by atoms with Crippen LogP contribution in [0, 0.1) is 0 Å². The lowest BCUT2D eigenvalue weighted by Crippen LogP contribution is -2.04. The smallest absolute Gasteiger partial charge is 0.0641 e. The molecule has 26 heavy (non-hydrogen) atoms. The first-order valence-corrected chi connectivity index (χ1v) is 9.14. The first-order valence-electron chi connectivity index (χ1n) is 9.14. The van der Waals surface area contributed by atoms with Crippen molar-refractivity contribution in [3.05, 3.63) is 96.1 Å². The molecule has 0 saturated heterocycles. The van der Waals surface area contributed by atoms with Gasteiger partial charge in [0.15, 0.2) is 0 Å². The average molecular weight is 339 g/mol. The highest BCUT2D eigenvalue weighted by Gasteiger charge is 2.20. The summed E-state index contributed by atoms with van der Waals surface area (Å²) < 4.78 is 2.40. The average Bonchev–Trinajstić information content (AvgIpc) is 3.43. The summed E-state index contributed by atoms with van der Waals surface area (Å²) in [5, 5.41) is 2.64. The molecule has 0 bridgehead atoms. The summed E-state index contributed by atoms with van der Waals surface area (Å²) in [6.07, 6.45) is 3.99. The highest BCUT2D eigenvalue weighted by molar-refractivity contribution is 6.08. The Hall–Kier alpha value is -3.20. The van der Waals surface area contributed by atoms with E-state index in [1.165, 1.54) is 38.8 Å². The Morgan fingerprint density at radius 1 is 0.769 bits per heavy atom. The first kappa shape index (κ1) is 15.1. The second kappa shape index (κ2) is 5.95. The molecule has 3 nitrogen and oxygen atoms in total. The van der Waals surface area contributed by atoms with Gasteiger partial charge in [0.1, 0.15) is 0 Å². The number of aryl methyl sites for hydroxylation is 1. The zero-order valence-corrected chi connectivity index (χ0v) is 14.7. The van der Waals surface area contributed by atoms with Crippen molar-refractivity contribution in [2.45, 2.75) is 19.4 Å². The third-order valence-corrected chi connectivity index (χ3v) is 5.31. The van der Waals surface area contributed by atoms with Gasteiger partial charge >= 0.3 is 0 Å². The maximum absolute atomic E-state index is 3.40. The summed E-state index contributed by atoms with van der Waals surface area (Å²) in [6, 6.07) is 24.0. The van der Waals surface area contributed by atoms with E-state index < -0.39 is 0 Å². The van der Waals surface area contributed by atoms with Crippen LogP contribution in [0.25, 0.3) is 21.8 Å². The van der Waals surface area contributed by atoms with Crippen molar-refractivity contribution in [1.82, 2.24) is 14.5 Å². The molecular weight excluding hydrogens is 318 g/mol. The highest BCUT2D eigenvalue weighted by atomic mass is 15.0. The molecule has 0 atom stereocenters. The second-order valence-electron chi connectivity index (χ2n) is 6.72. The summed E-state index contributed by atoms with van der Waals surface area (Å²) in [5.74, 6) is 0.174. The maximum atomic E-state index is 3.40. The molecule has 2 aromatic carbocycles. The predicted octanol–water partition coefficient (Wildman–Crippen LogP) is 5.65. The standard InChI is InChI=1S/C23H21N3/c1-2-26-21-10-4-3-7-17(21)18-15-16(11-12-22(18)26)23(19-8-5-13-24-19)20-9-6-14-25-20/h3-15,23-25H,2H2,1H3. The van der Waals surface area contributed by atoms with Crippen molar-refractivity contribution < 1.29 is 0 Å². The summed E-state index contributed by atoms with van der Waals surface area (Å²) in [4.78, 5) is 6.80. The molecule has 0 saturated carbocycles. The fourth-order valence-corrected chi connectivity index (χ4v) is 4.17. The molecule has 3 heteroatoms. The minimum atomic E-state index is 0.174. The van der Waals surface area contributed by atoms with E-state index in [9.17, 15) is 0 Å². The maximum Gasteiger partial charge on any atom is 0.0641 e. The quantitative estimate of drug-likeness (QED) is 0.424. The third-order valence-electron chi connectivity index (χ3n) is 5.31. The van der Waals surface area contributed by atoms with Crippen LogP contribution in [0.15, 0.2) is 79.1 Å². The molecule has 0 amide bonds. The van der Waals surface area contributed by atoms with Crippen LogP contribution in [0.3, 0.4) is 0 Å². The van der Waals surface area contributed by atoms with Crippen molar-refractivity contribution in [2.75, 3.05) is 0 Å². The SMILES string of the molecule is CCn1c2ccccc2c2cc(C(c3ccc[nH]3)c3ccc[nH]3)ccc21. The Morgan fingerprint density at radius 3 is 2.12 bits per heavy atom. The minimum Gasteiger partial charge on any atom is -0.364 e. The topological polar surface area (TPSA) is 36.5 Å². The van der Waals surface area contributed by atoms with Crippen molar-refractivity contribution >= 4 is 21.8 Å². The Bertz CT molecular complexity index is 1130. The number of H-pyrrole nitrogens is 2. The molecule has 0 radical (unpaired) electrons. The summed E-state index contributed by atoms with van der Waals surface area (Å²) in [7, 11) is 0. The molecule has 0 aliphatic rings. The van der Waals surface area contributed by atoms with Crippen molar-refractivity contribution in [1.29, 1.82) is 0 Å². The zero-order chi connectivity index (χ0) is 17.5. The molecule has 0 aliphatic carbocycles. The van der Waals surface area contributed by atoms with Crippen LogP contribution in [-0.4, -0.2) is 14.5 Å². The number of para-hydroxylation sites is 1. The fourth-order valence-electron chi connectivity index (χ4n) is 4.17. The molecule has 2 N–H and O–H groups in total. The van der Waals surface area contributed by atoms with E-state index in [1.54, 1.807) is 0 Å². The van der Waals surface area contributed by atoms with Gasteiger partial charge in [-0.3, -0.25) is 0 Å². The van der Waals surface area contributed by atoms with E-state index in [1.807, 2.05) is 12.4 Å². The largest absolute Gasteiger partial charge is 0.364 e. The van der Waals surface area contributed by atoms with E-state index in [0.29, 0.717) is 0 Å². The van der Waals surface area contributed by atoms with Gasteiger partial charge in [-0.2, -0.15) is 0 Å². The number of hydrogen-bond donors (Lipinski definition) is 2. The molecule has 3 heterocycles. The van der Waals surface area contributed by atoms with E-state index in [2.05, 4.69) is 88.2 Å². The van der Waals surface area contributed by atoms with E-state index in [0.717, 1.165) is 6.54 Å². The number of benzene rings is 2. The molecular formula is C23H21N3. The van der Waals surface area contributed by atoms with Crippen LogP contribution < -0.4 is 0 Å². The molecule has 0 unspecified atom stereocenters. The molecule has 128 valence electrons. The summed E-state index contributed by atoms with van der Waals surface area (Å²) in [5.41, 5.74) is 6.30. The van der Waals surface area contributed by atoms with E-state index >= 15 is 0 Å². The van der Waals surface area contributed by atoms with Crippen LogP contribution in [0.4, 0.5) is 0 Å². The number of fused-ring (bicyclic) bond motifs is 3. The highest BCUT2D eigenvalue weighted by Crippen LogP contribution is 2.35. The fraction of sp³-hybridized carbons (Fsp3) is 0.130. The number of rotatable bonds is 4. The van der Waals surface area contributed by atoms with Gasteiger partial charge in [0, 0.05) is 52.1 Å². The van der Waals surface area contributed by atoms with Gasteiger partial charge in [0.25, 0.3) is 0 Å².